The van der Waals surface area contributed by atoms with Gasteiger partial charge < -0.3 is 10.5 Å². The molecule has 14 heavy (non-hydrogen) atoms. The first kappa shape index (κ1) is 13.7. The zero-order valence-electron chi connectivity index (χ0n) is 8.70. The van der Waals surface area contributed by atoms with Gasteiger partial charge in [0.15, 0.2) is 0 Å². The van der Waals surface area contributed by atoms with Crippen molar-refractivity contribution in [2.24, 2.45) is 11.7 Å². The van der Waals surface area contributed by atoms with Crippen LogP contribution in [0, 0.1) is 5.92 Å². The number of hydrogen-bond acceptors (Lipinski definition) is 3. The summed E-state index contributed by atoms with van der Waals surface area (Å²) in [5.74, 6) is -0.195. The van der Waals surface area contributed by atoms with Crippen LogP contribution < -0.4 is 5.73 Å². The van der Waals surface area contributed by atoms with Crippen molar-refractivity contribution in [2.45, 2.75) is 44.6 Å². The highest BCUT2D eigenvalue weighted by molar-refractivity contribution is 5.85. The molecule has 0 spiro atoms. The van der Waals surface area contributed by atoms with E-state index in [4.69, 9.17) is 10.5 Å². The predicted octanol–water partition coefficient (Wildman–Crippen LogP) is 1.88. The lowest BCUT2D eigenvalue weighted by Crippen LogP contribution is -2.36. The Hall–Kier alpha value is -0.280. The topological polar surface area (TPSA) is 52.3 Å². The van der Waals surface area contributed by atoms with Crippen LogP contribution in [-0.2, 0) is 9.53 Å². The Bertz CT molecular complexity index is 176. The number of nitrogens with two attached hydrogens (primary N) is 1. The molecule has 0 radical (unpaired) electrons. The lowest BCUT2D eigenvalue weighted by atomic mass is 9.87. The zero-order valence-corrected chi connectivity index (χ0v) is 9.52. The first-order chi connectivity index (χ1) is 6.25. The van der Waals surface area contributed by atoms with Crippen LogP contribution in [0.3, 0.4) is 0 Å². The number of halogens is 1. The molecule has 1 saturated carbocycles. The molecule has 84 valence electrons. The summed E-state index contributed by atoms with van der Waals surface area (Å²) in [5, 5.41) is 0. The van der Waals surface area contributed by atoms with E-state index in [0.29, 0.717) is 0 Å². The van der Waals surface area contributed by atoms with Crippen LogP contribution >= 0.6 is 12.4 Å². The van der Waals surface area contributed by atoms with E-state index in [1.54, 1.807) is 0 Å². The quantitative estimate of drug-likeness (QED) is 0.688. The number of rotatable bonds is 1. The summed E-state index contributed by atoms with van der Waals surface area (Å²) in [5.41, 5.74) is 5.92. The molecule has 0 heterocycles. The maximum atomic E-state index is 11.3. The molecule has 0 aliphatic heterocycles. The van der Waals surface area contributed by atoms with E-state index >= 15 is 0 Å². The highest BCUT2D eigenvalue weighted by atomic mass is 35.5. The van der Waals surface area contributed by atoms with Crippen molar-refractivity contribution in [1.82, 2.24) is 0 Å². The van der Waals surface area contributed by atoms with Gasteiger partial charge in [-0.3, -0.25) is 4.79 Å². The number of esters is 1. The molecule has 1 fully saturated rings. The Labute approximate surface area is 91.8 Å². The zero-order chi connectivity index (χ0) is 9.68. The first-order valence-corrected chi connectivity index (χ1v) is 5.09. The van der Waals surface area contributed by atoms with Gasteiger partial charge in [0.1, 0.15) is 0 Å². The summed E-state index contributed by atoms with van der Waals surface area (Å²) in [6.45, 7) is 0. The van der Waals surface area contributed by atoms with Crippen molar-refractivity contribution in [3.8, 4) is 0 Å². The lowest BCUT2D eigenvalue weighted by Gasteiger charge is -2.23. The normalized spacial score (nSPS) is 28.1. The fourth-order valence-corrected chi connectivity index (χ4v) is 1.96. The van der Waals surface area contributed by atoms with Gasteiger partial charge in [0.2, 0.25) is 0 Å². The third-order valence-corrected chi connectivity index (χ3v) is 2.82. The molecule has 0 bridgehead atoms. The second-order valence-corrected chi connectivity index (χ2v) is 3.79. The number of ether oxygens (including phenoxy) is 1. The van der Waals surface area contributed by atoms with Gasteiger partial charge in [0.05, 0.1) is 13.0 Å². The summed E-state index contributed by atoms with van der Waals surface area (Å²) in [6, 6.07) is 0.00718. The molecule has 0 aromatic heterocycles. The van der Waals surface area contributed by atoms with E-state index in [1.165, 1.54) is 20.0 Å². The lowest BCUT2D eigenvalue weighted by molar-refractivity contribution is -0.146. The van der Waals surface area contributed by atoms with E-state index in [9.17, 15) is 4.79 Å². The fraction of sp³-hybridized carbons (Fsp3) is 0.900. The summed E-state index contributed by atoms with van der Waals surface area (Å²) in [4.78, 5) is 11.3. The average Bonchev–Trinajstić information content (AvgIpc) is 2.11. The standard InChI is InChI=1S/C10H19NO2.ClH/c1-13-10(12)8-6-4-2-3-5-7-9(8)11;/h8-9H,2-7,11H2,1H3;1H/t8-,9+;/m1./s1. The average molecular weight is 222 g/mol. The van der Waals surface area contributed by atoms with Crippen molar-refractivity contribution < 1.29 is 9.53 Å². The number of carbonyl (C=O) groups is 1. The van der Waals surface area contributed by atoms with Crippen molar-refractivity contribution >= 4 is 18.4 Å². The van der Waals surface area contributed by atoms with Crippen molar-refractivity contribution in [3.63, 3.8) is 0 Å². The van der Waals surface area contributed by atoms with Crippen molar-refractivity contribution in [1.29, 1.82) is 0 Å². The highest BCUT2D eigenvalue weighted by Crippen LogP contribution is 2.22. The Kier molecular flexibility index (Phi) is 6.93. The molecule has 2 atom stereocenters. The fourth-order valence-electron chi connectivity index (χ4n) is 1.96. The summed E-state index contributed by atoms with van der Waals surface area (Å²) >= 11 is 0. The third kappa shape index (κ3) is 3.84. The second-order valence-electron chi connectivity index (χ2n) is 3.79. The monoisotopic (exact) mass is 221 g/mol. The van der Waals surface area contributed by atoms with E-state index in [-0.39, 0.29) is 30.3 Å². The van der Waals surface area contributed by atoms with Crippen LogP contribution in [0.5, 0.6) is 0 Å². The minimum Gasteiger partial charge on any atom is -0.469 e. The predicted molar refractivity (Wildman–Crippen MR) is 58.4 cm³/mol. The minimum atomic E-state index is -0.130. The van der Waals surface area contributed by atoms with E-state index in [0.717, 1.165) is 25.7 Å². The molecular weight excluding hydrogens is 202 g/mol. The molecule has 0 amide bonds. The SMILES string of the molecule is COC(=O)[C@@H]1CCCCCC[C@@H]1N.Cl. The molecule has 0 aromatic carbocycles. The number of hydrogen-bond donors (Lipinski definition) is 1. The van der Waals surface area contributed by atoms with Crippen LogP contribution in [0.25, 0.3) is 0 Å². The van der Waals surface area contributed by atoms with E-state index < -0.39 is 0 Å². The van der Waals surface area contributed by atoms with Gasteiger partial charge in [-0.1, -0.05) is 25.7 Å². The Morgan fingerprint density at radius 2 is 1.79 bits per heavy atom. The van der Waals surface area contributed by atoms with E-state index in [1.807, 2.05) is 0 Å². The van der Waals surface area contributed by atoms with Gasteiger partial charge in [-0.25, -0.2) is 0 Å². The van der Waals surface area contributed by atoms with Gasteiger partial charge in [-0.2, -0.15) is 0 Å². The van der Waals surface area contributed by atoms with Gasteiger partial charge in [-0.15, -0.1) is 12.4 Å². The molecule has 3 nitrogen and oxygen atoms in total. The maximum absolute atomic E-state index is 11.3. The maximum Gasteiger partial charge on any atom is 0.310 e. The van der Waals surface area contributed by atoms with Crippen LogP contribution in [0.1, 0.15) is 38.5 Å². The minimum absolute atomic E-state index is 0. The van der Waals surface area contributed by atoms with Crippen LogP contribution in [0.4, 0.5) is 0 Å². The Morgan fingerprint density at radius 1 is 1.21 bits per heavy atom. The molecule has 1 rings (SSSR count). The van der Waals surface area contributed by atoms with Gasteiger partial charge >= 0.3 is 5.97 Å². The number of methoxy groups -OCH3 is 1. The van der Waals surface area contributed by atoms with Crippen LogP contribution in [-0.4, -0.2) is 19.1 Å². The molecular formula is C10H20ClNO2. The van der Waals surface area contributed by atoms with Gasteiger partial charge in [-0.05, 0) is 12.8 Å². The van der Waals surface area contributed by atoms with Crippen LogP contribution in [0.2, 0.25) is 0 Å². The summed E-state index contributed by atoms with van der Waals surface area (Å²) in [6.07, 6.45) is 6.58. The number of carbonyl (C=O) groups excluding carboxylic acids is 1. The Morgan fingerprint density at radius 3 is 2.36 bits per heavy atom. The smallest absolute Gasteiger partial charge is 0.310 e. The molecule has 4 heteroatoms. The largest absolute Gasteiger partial charge is 0.469 e. The summed E-state index contributed by atoms with van der Waals surface area (Å²) < 4.78 is 4.74. The van der Waals surface area contributed by atoms with E-state index in [2.05, 4.69) is 0 Å². The Balaban J connectivity index is 0.00000169. The third-order valence-electron chi connectivity index (χ3n) is 2.82. The molecule has 1 aliphatic rings. The van der Waals surface area contributed by atoms with Crippen molar-refractivity contribution in [2.75, 3.05) is 7.11 Å². The van der Waals surface area contributed by atoms with Gasteiger partial charge in [0.25, 0.3) is 0 Å². The first-order valence-electron chi connectivity index (χ1n) is 5.09. The second kappa shape index (κ2) is 7.07. The molecule has 0 saturated heterocycles. The van der Waals surface area contributed by atoms with Crippen molar-refractivity contribution in [3.05, 3.63) is 0 Å². The summed E-state index contributed by atoms with van der Waals surface area (Å²) in [7, 11) is 1.44. The molecule has 1 aliphatic carbocycles. The highest BCUT2D eigenvalue weighted by Gasteiger charge is 2.26. The molecule has 2 N–H and O–H groups in total. The van der Waals surface area contributed by atoms with Crippen LogP contribution in [0.15, 0.2) is 0 Å². The van der Waals surface area contributed by atoms with Gasteiger partial charge in [0, 0.05) is 6.04 Å². The molecule has 0 unspecified atom stereocenters. The molecule has 0 aromatic rings.